The van der Waals surface area contributed by atoms with Crippen molar-refractivity contribution in [2.75, 3.05) is 19.6 Å². The van der Waals surface area contributed by atoms with Gasteiger partial charge < -0.3 is 15.1 Å². The average molecular weight is 368 g/mol. The van der Waals surface area contributed by atoms with Crippen LogP contribution < -0.4 is 0 Å². The van der Waals surface area contributed by atoms with Gasteiger partial charge in [-0.3, -0.25) is 9.69 Å². The largest absolute Gasteiger partial charge is 0.364 e. The van der Waals surface area contributed by atoms with E-state index in [0.29, 0.717) is 25.2 Å². The molecule has 1 atom stereocenters. The molecule has 2 aliphatic rings. The first-order valence-corrected chi connectivity index (χ1v) is 9.34. The van der Waals surface area contributed by atoms with Crippen molar-refractivity contribution in [3.8, 4) is 0 Å². The van der Waals surface area contributed by atoms with Gasteiger partial charge >= 0.3 is 0 Å². The van der Waals surface area contributed by atoms with Crippen molar-refractivity contribution < 1.29 is 15.0 Å². The van der Waals surface area contributed by atoms with Gasteiger partial charge in [0.05, 0.1) is 12.2 Å². The molecule has 1 aromatic heterocycles. The molecule has 4 rings (SSSR count). The average Bonchev–Trinajstić information content (AvgIpc) is 3.10. The molecule has 2 aliphatic heterocycles. The summed E-state index contributed by atoms with van der Waals surface area (Å²) in [7, 11) is 0. The van der Waals surface area contributed by atoms with E-state index in [4.69, 9.17) is 0 Å². The lowest BCUT2D eigenvalue weighted by atomic mass is 9.89. The molecule has 7 heteroatoms. The maximum atomic E-state index is 12.8. The van der Waals surface area contributed by atoms with Gasteiger partial charge in [0.25, 0.3) is 0 Å². The molecule has 0 unspecified atom stereocenters. The normalized spacial score (nSPS) is 20.1. The summed E-state index contributed by atoms with van der Waals surface area (Å²) in [4.78, 5) is 25.2. The number of hydrogen-bond donors (Lipinski definition) is 2. The standard InChI is InChI=1S/C20H24N4O3/c25-19(12-23-9-17-8-21-13-22-18(17)11-23)24-6-2-5-16(10-24)14-3-1-4-15(7-14)20(26)27/h1,3-4,7-8,13,16,20,26-27H,2,5-6,9-12H2/t16-/m1/s1. The molecular formula is C20H24N4O3. The molecule has 1 saturated heterocycles. The Hall–Kier alpha value is -2.35. The highest BCUT2D eigenvalue weighted by Gasteiger charge is 2.28. The third-order valence-electron chi connectivity index (χ3n) is 5.46. The molecule has 2 aromatic rings. The number of nitrogens with zero attached hydrogens (tertiary/aromatic N) is 4. The molecule has 1 fully saturated rings. The Labute approximate surface area is 158 Å². The van der Waals surface area contributed by atoms with E-state index in [9.17, 15) is 15.0 Å². The topological polar surface area (TPSA) is 89.8 Å². The lowest BCUT2D eigenvalue weighted by Crippen LogP contribution is -2.43. The van der Waals surface area contributed by atoms with Crippen LogP contribution in [0.25, 0.3) is 0 Å². The monoisotopic (exact) mass is 368 g/mol. The Kier molecular flexibility index (Phi) is 5.15. The minimum atomic E-state index is -1.47. The molecule has 7 nitrogen and oxygen atoms in total. The molecule has 0 spiro atoms. The molecule has 1 aromatic carbocycles. The minimum absolute atomic E-state index is 0.138. The van der Waals surface area contributed by atoms with E-state index in [2.05, 4.69) is 14.9 Å². The van der Waals surface area contributed by atoms with Crippen molar-refractivity contribution >= 4 is 5.91 Å². The smallest absolute Gasteiger partial charge is 0.236 e. The number of rotatable bonds is 4. The molecule has 1 amide bonds. The summed E-state index contributed by atoms with van der Waals surface area (Å²) in [5.41, 5.74) is 3.66. The van der Waals surface area contributed by atoms with E-state index in [0.717, 1.165) is 42.8 Å². The van der Waals surface area contributed by atoms with Crippen LogP contribution in [0.2, 0.25) is 0 Å². The maximum absolute atomic E-state index is 12.8. The van der Waals surface area contributed by atoms with Crippen molar-refractivity contribution in [1.82, 2.24) is 19.8 Å². The number of amides is 1. The molecule has 2 N–H and O–H groups in total. The number of likely N-dealkylation sites (tertiary alicyclic amines) is 1. The predicted molar refractivity (Wildman–Crippen MR) is 98.3 cm³/mol. The highest BCUT2D eigenvalue weighted by molar-refractivity contribution is 5.78. The van der Waals surface area contributed by atoms with Gasteiger partial charge in [-0.15, -0.1) is 0 Å². The Morgan fingerprint density at radius 3 is 3.00 bits per heavy atom. The van der Waals surface area contributed by atoms with Crippen LogP contribution in [0.5, 0.6) is 0 Å². The Balaban J connectivity index is 1.38. The summed E-state index contributed by atoms with van der Waals surface area (Å²) in [6.07, 6.45) is 3.86. The van der Waals surface area contributed by atoms with E-state index < -0.39 is 6.29 Å². The Morgan fingerprint density at radius 1 is 1.30 bits per heavy atom. The first-order chi connectivity index (χ1) is 13.1. The van der Waals surface area contributed by atoms with Gasteiger partial charge in [0.2, 0.25) is 5.91 Å². The zero-order valence-electron chi connectivity index (χ0n) is 15.2. The van der Waals surface area contributed by atoms with Crippen LogP contribution in [-0.2, 0) is 17.9 Å². The third kappa shape index (κ3) is 4.00. The van der Waals surface area contributed by atoms with Crippen LogP contribution in [0.4, 0.5) is 0 Å². The SMILES string of the molecule is O=C(CN1Cc2cncnc2C1)N1CCC[C@@H](c2cccc(C(O)O)c2)C1. The van der Waals surface area contributed by atoms with E-state index in [-0.39, 0.29) is 11.8 Å². The van der Waals surface area contributed by atoms with Crippen LogP contribution >= 0.6 is 0 Å². The van der Waals surface area contributed by atoms with E-state index in [1.165, 1.54) is 0 Å². The van der Waals surface area contributed by atoms with Crippen molar-refractivity contribution in [3.05, 3.63) is 59.2 Å². The molecule has 3 heterocycles. The Morgan fingerprint density at radius 2 is 2.19 bits per heavy atom. The van der Waals surface area contributed by atoms with Gasteiger partial charge in [-0.25, -0.2) is 9.97 Å². The van der Waals surface area contributed by atoms with Crippen LogP contribution in [-0.4, -0.2) is 55.5 Å². The number of hydrogen-bond acceptors (Lipinski definition) is 6. The van der Waals surface area contributed by atoms with Gasteiger partial charge in [-0.2, -0.15) is 0 Å². The van der Waals surface area contributed by atoms with Crippen LogP contribution in [0.15, 0.2) is 36.8 Å². The first-order valence-electron chi connectivity index (χ1n) is 9.34. The molecule has 0 bridgehead atoms. The number of benzene rings is 1. The Bertz CT molecular complexity index is 801. The van der Waals surface area contributed by atoms with Crippen molar-refractivity contribution in [2.45, 2.75) is 38.1 Å². The van der Waals surface area contributed by atoms with Gasteiger partial charge in [-0.05, 0) is 18.4 Å². The van der Waals surface area contributed by atoms with Crippen LogP contribution in [0.1, 0.15) is 47.4 Å². The highest BCUT2D eigenvalue weighted by Crippen LogP contribution is 2.29. The van der Waals surface area contributed by atoms with E-state index in [1.54, 1.807) is 12.4 Å². The summed E-state index contributed by atoms with van der Waals surface area (Å²) in [6, 6.07) is 7.38. The van der Waals surface area contributed by atoms with Gasteiger partial charge in [0.15, 0.2) is 6.29 Å². The summed E-state index contributed by atoms with van der Waals surface area (Å²) in [5.74, 6) is 0.363. The number of carbonyl (C=O) groups excluding carboxylic acids is 1. The number of piperidine rings is 1. The fraction of sp³-hybridized carbons (Fsp3) is 0.450. The number of aromatic nitrogens is 2. The zero-order valence-corrected chi connectivity index (χ0v) is 15.2. The summed E-state index contributed by atoms with van der Waals surface area (Å²) < 4.78 is 0. The second-order valence-corrected chi connectivity index (χ2v) is 7.36. The number of aliphatic hydroxyl groups excluding tert-OH is 1. The van der Waals surface area contributed by atoms with Gasteiger partial charge in [-0.1, -0.05) is 24.3 Å². The summed E-state index contributed by atoms with van der Waals surface area (Å²) in [6.45, 7) is 3.24. The number of aliphatic hydroxyl groups is 2. The van der Waals surface area contributed by atoms with Crippen molar-refractivity contribution in [3.63, 3.8) is 0 Å². The fourth-order valence-corrected chi connectivity index (χ4v) is 4.02. The lowest BCUT2D eigenvalue weighted by Gasteiger charge is -2.34. The van der Waals surface area contributed by atoms with Crippen LogP contribution in [0, 0.1) is 0 Å². The zero-order chi connectivity index (χ0) is 18.8. The van der Waals surface area contributed by atoms with Crippen LogP contribution in [0.3, 0.4) is 0 Å². The highest BCUT2D eigenvalue weighted by atomic mass is 16.5. The summed E-state index contributed by atoms with van der Waals surface area (Å²) in [5, 5.41) is 18.8. The lowest BCUT2D eigenvalue weighted by molar-refractivity contribution is -0.133. The van der Waals surface area contributed by atoms with Gasteiger partial charge in [0.1, 0.15) is 6.33 Å². The van der Waals surface area contributed by atoms with E-state index >= 15 is 0 Å². The predicted octanol–water partition coefficient (Wildman–Crippen LogP) is 1.18. The molecular weight excluding hydrogens is 344 g/mol. The first kappa shape index (κ1) is 18.0. The molecule has 142 valence electrons. The molecule has 0 aliphatic carbocycles. The minimum Gasteiger partial charge on any atom is -0.364 e. The quantitative estimate of drug-likeness (QED) is 0.788. The number of fused-ring (bicyclic) bond motifs is 1. The van der Waals surface area contributed by atoms with Gasteiger partial charge in [0, 0.05) is 49.4 Å². The molecule has 27 heavy (non-hydrogen) atoms. The molecule has 0 saturated carbocycles. The second-order valence-electron chi connectivity index (χ2n) is 7.36. The third-order valence-corrected chi connectivity index (χ3v) is 5.46. The fourth-order valence-electron chi connectivity index (χ4n) is 4.02. The summed E-state index contributed by atoms with van der Waals surface area (Å²) >= 11 is 0. The molecule has 0 radical (unpaired) electrons. The van der Waals surface area contributed by atoms with E-state index in [1.807, 2.05) is 29.3 Å². The second kappa shape index (κ2) is 7.72. The maximum Gasteiger partial charge on any atom is 0.236 e. The van der Waals surface area contributed by atoms with Crippen molar-refractivity contribution in [2.24, 2.45) is 0 Å². The van der Waals surface area contributed by atoms with Crippen molar-refractivity contribution in [1.29, 1.82) is 0 Å². The number of carbonyl (C=O) groups is 1.